The Bertz CT molecular complexity index is 538. The fourth-order valence-electron chi connectivity index (χ4n) is 2.29. The van der Waals surface area contributed by atoms with Gasteiger partial charge in [0.05, 0.1) is 5.69 Å². The van der Waals surface area contributed by atoms with Crippen LogP contribution in [0.5, 0.6) is 0 Å². The first-order valence-electron chi connectivity index (χ1n) is 7.01. The summed E-state index contributed by atoms with van der Waals surface area (Å²) in [4.78, 5) is 0. The largest absolute Gasteiger partial charge is 0.316 e. The van der Waals surface area contributed by atoms with Crippen molar-refractivity contribution in [2.75, 3.05) is 13.1 Å². The molecular weight excluding hydrogens is 316 g/mol. The number of nitrogens with one attached hydrogen (secondary N) is 1. The maximum atomic E-state index is 4.21. The van der Waals surface area contributed by atoms with Crippen molar-refractivity contribution in [1.82, 2.24) is 20.3 Å². The minimum absolute atomic E-state index is 0.397. The van der Waals surface area contributed by atoms with E-state index in [1.54, 1.807) is 4.68 Å². The molecule has 4 nitrogen and oxygen atoms in total. The van der Waals surface area contributed by atoms with E-state index in [9.17, 15) is 0 Å². The molecule has 0 radical (unpaired) electrons. The van der Waals surface area contributed by atoms with Crippen molar-refractivity contribution < 1.29 is 0 Å². The Kier molecular flexibility index (Phi) is 5.73. The summed E-state index contributed by atoms with van der Waals surface area (Å²) < 4.78 is 2.92. The molecule has 2 aromatic rings. The predicted molar refractivity (Wildman–Crippen MR) is 84.8 cm³/mol. The average molecular weight is 337 g/mol. The highest BCUT2D eigenvalue weighted by Gasteiger charge is 2.16. The van der Waals surface area contributed by atoms with E-state index in [4.69, 9.17) is 0 Å². The molecule has 0 aliphatic heterocycles. The molecule has 0 aliphatic carbocycles. The highest BCUT2D eigenvalue weighted by molar-refractivity contribution is 9.10. The van der Waals surface area contributed by atoms with Crippen LogP contribution in [0.25, 0.3) is 0 Å². The normalized spacial score (nSPS) is 12.6. The van der Waals surface area contributed by atoms with E-state index in [2.05, 4.69) is 56.7 Å². The van der Waals surface area contributed by atoms with Crippen molar-refractivity contribution in [1.29, 1.82) is 0 Å². The molecule has 1 aromatic carbocycles. The first kappa shape index (κ1) is 15.2. The fourth-order valence-corrected chi connectivity index (χ4v) is 2.90. The minimum Gasteiger partial charge on any atom is -0.316 e. The topological polar surface area (TPSA) is 42.7 Å². The molecule has 1 aromatic heterocycles. The third-order valence-corrected chi connectivity index (χ3v) is 3.99. The summed E-state index contributed by atoms with van der Waals surface area (Å²) in [6.45, 7) is 4.18. The van der Waals surface area contributed by atoms with E-state index >= 15 is 0 Å². The molecule has 0 amide bonds. The quantitative estimate of drug-likeness (QED) is 0.790. The highest BCUT2D eigenvalue weighted by Crippen LogP contribution is 2.27. The Hall–Kier alpha value is -1.20. The molecule has 1 heterocycles. The van der Waals surface area contributed by atoms with E-state index in [0.717, 1.165) is 36.1 Å². The second-order valence-electron chi connectivity index (χ2n) is 5.01. The van der Waals surface area contributed by atoms with Crippen LogP contribution < -0.4 is 5.32 Å². The third kappa shape index (κ3) is 4.15. The lowest BCUT2D eigenvalue weighted by Crippen LogP contribution is -2.24. The summed E-state index contributed by atoms with van der Waals surface area (Å²) >= 11 is 3.66. The molecule has 2 rings (SSSR count). The van der Waals surface area contributed by atoms with E-state index in [0.29, 0.717) is 5.92 Å². The first-order valence-corrected chi connectivity index (χ1v) is 7.80. The number of aromatic nitrogens is 3. The lowest BCUT2D eigenvalue weighted by atomic mass is 9.94. The standard InChI is InChI=1S/C15H21BrN4/c1-3-8-17-10-12(9-13-11-20(2)19-18-13)14-6-4-5-7-15(14)16/h4-7,11-12,17H,3,8-10H2,1-2H3. The van der Waals surface area contributed by atoms with Crippen LogP contribution in [0.3, 0.4) is 0 Å². The Morgan fingerprint density at radius 3 is 2.80 bits per heavy atom. The van der Waals surface area contributed by atoms with Gasteiger partial charge in [-0.15, -0.1) is 5.10 Å². The number of benzene rings is 1. The smallest absolute Gasteiger partial charge is 0.0833 e. The molecule has 0 saturated carbocycles. The van der Waals surface area contributed by atoms with Crippen LogP contribution in [0.2, 0.25) is 0 Å². The zero-order valence-electron chi connectivity index (χ0n) is 12.0. The van der Waals surface area contributed by atoms with Crippen LogP contribution in [-0.4, -0.2) is 28.1 Å². The van der Waals surface area contributed by atoms with Gasteiger partial charge in [0.2, 0.25) is 0 Å². The predicted octanol–water partition coefficient (Wildman–Crippen LogP) is 2.90. The molecule has 1 atom stereocenters. The van der Waals surface area contributed by atoms with E-state index in [1.807, 2.05) is 19.3 Å². The summed E-state index contributed by atoms with van der Waals surface area (Å²) in [7, 11) is 1.90. The van der Waals surface area contributed by atoms with Crippen LogP contribution in [0.1, 0.15) is 30.5 Å². The maximum Gasteiger partial charge on any atom is 0.0833 e. The number of hydrogen-bond donors (Lipinski definition) is 1. The summed E-state index contributed by atoms with van der Waals surface area (Å²) in [6.07, 6.45) is 4.03. The van der Waals surface area contributed by atoms with Crippen LogP contribution >= 0.6 is 15.9 Å². The van der Waals surface area contributed by atoms with Crippen molar-refractivity contribution in [3.8, 4) is 0 Å². The van der Waals surface area contributed by atoms with Gasteiger partial charge in [0, 0.05) is 36.6 Å². The van der Waals surface area contributed by atoms with E-state index in [1.165, 1.54) is 5.56 Å². The molecule has 5 heteroatoms. The van der Waals surface area contributed by atoms with Crippen LogP contribution in [-0.2, 0) is 13.5 Å². The molecule has 1 unspecified atom stereocenters. The molecule has 0 aliphatic rings. The second kappa shape index (κ2) is 7.55. The van der Waals surface area contributed by atoms with Crippen molar-refractivity contribution in [2.45, 2.75) is 25.7 Å². The Labute approximate surface area is 128 Å². The molecule has 0 spiro atoms. The van der Waals surface area contributed by atoms with Gasteiger partial charge in [-0.2, -0.15) is 0 Å². The monoisotopic (exact) mass is 336 g/mol. The number of aryl methyl sites for hydroxylation is 1. The lowest BCUT2D eigenvalue weighted by Gasteiger charge is -2.18. The van der Waals surface area contributed by atoms with Gasteiger partial charge in [0.15, 0.2) is 0 Å². The van der Waals surface area contributed by atoms with Gasteiger partial charge in [0.1, 0.15) is 0 Å². The summed E-state index contributed by atoms with van der Waals surface area (Å²) in [5.74, 6) is 0.397. The summed E-state index contributed by atoms with van der Waals surface area (Å²) in [6, 6.07) is 8.41. The van der Waals surface area contributed by atoms with Gasteiger partial charge in [0.25, 0.3) is 0 Å². The molecule has 0 saturated heterocycles. The zero-order chi connectivity index (χ0) is 14.4. The van der Waals surface area contributed by atoms with Crippen LogP contribution in [0.4, 0.5) is 0 Å². The average Bonchev–Trinajstić information content (AvgIpc) is 2.84. The van der Waals surface area contributed by atoms with Crippen molar-refractivity contribution >= 4 is 15.9 Å². The maximum absolute atomic E-state index is 4.21. The molecule has 108 valence electrons. The van der Waals surface area contributed by atoms with E-state index in [-0.39, 0.29) is 0 Å². The Morgan fingerprint density at radius 2 is 2.15 bits per heavy atom. The zero-order valence-corrected chi connectivity index (χ0v) is 13.6. The number of nitrogens with zero attached hydrogens (tertiary/aromatic N) is 3. The van der Waals surface area contributed by atoms with Gasteiger partial charge in [-0.25, -0.2) is 0 Å². The van der Waals surface area contributed by atoms with Gasteiger partial charge in [-0.3, -0.25) is 4.68 Å². The molecule has 0 fully saturated rings. The van der Waals surface area contributed by atoms with Crippen molar-refractivity contribution in [3.63, 3.8) is 0 Å². The van der Waals surface area contributed by atoms with E-state index < -0.39 is 0 Å². The van der Waals surface area contributed by atoms with Gasteiger partial charge in [-0.1, -0.05) is 46.3 Å². The molecular formula is C15H21BrN4. The van der Waals surface area contributed by atoms with Crippen LogP contribution in [0.15, 0.2) is 34.9 Å². The lowest BCUT2D eigenvalue weighted by molar-refractivity contribution is 0.570. The molecule has 20 heavy (non-hydrogen) atoms. The highest BCUT2D eigenvalue weighted by atomic mass is 79.9. The number of rotatable bonds is 7. The number of hydrogen-bond acceptors (Lipinski definition) is 3. The fraction of sp³-hybridized carbons (Fsp3) is 0.467. The number of halogens is 1. The Balaban J connectivity index is 2.13. The summed E-state index contributed by atoms with van der Waals surface area (Å²) in [5, 5.41) is 11.7. The van der Waals surface area contributed by atoms with Gasteiger partial charge >= 0.3 is 0 Å². The third-order valence-electron chi connectivity index (χ3n) is 3.27. The van der Waals surface area contributed by atoms with Crippen molar-refractivity contribution in [3.05, 3.63) is 46.2 Å². The van der Waals surface area contributed by atoms with Crippen LogP contribution in [0, 0.1) is 0 Å². The Morgan fingerprint density at radius 1 is 1.35 bits per heavy atom. The van der Waals surface area contributed by atoms with Crippen molar-refractivity contribution in [2.24, 2.45) is 7.05 Å². The second-order valence-corrected chi connectivity index (χ2v) is 5.86. The summed E-state index contributed by atoms with van der Waals surface area (Å²) in [5.41, 5.74) is 2.35. The first-order chi connectivity index (χ1) is 9.70. The minimum atomic E-state index is 0.397. The van der Waals surface area contributed by atoms with Gasteiger partial charge < -0.3 is 5.32 Å². The molecule has 1 N–H and O–H groups in total. The SMILES string of the molecule is CCCNCC(Cc1cn(C)nn1)c1ccccc1Br. The van der Waals surface area contributed by atoms with Gasteiger partial charge in [-0.05, 0) is 24.6 Å². The molecule has 0 bridgehead atoms.